The van der Waals surface area contributed by atoms with Crippen molar-refractivity contribution in [1.82, 2.24) is 0 Å². The summed E-state index contributed by atoms with van der Waals surface area (Å²) in [5, 5.41) is 42.9. The molecule has 1 saturated heterocycles. The van der Waals surface area contributed by atoms with Crippen LogP contribution in [0.4, 0.5) is 0 Å². The molecule has 1 rings (SSSR count). The summed E-state index contributed by atoms with van der Waals surface area (Å²) in [4.78, 5) is 0. The molecule has 7 heteroatoms. The molecule has 0 aliphatic carbocycles. The highest BCUT2D eigenvalue weighted by molar-refractivity contribution is 6.23. The van der Waals surface area contributed by atoms with Gasteiger partial charge in [0.1, 0.15) is 18.3 Å². The normalized spacial score (nSPS) is 52.2. The Hall–Kier alpha value is 0.0500. The van der Waals surface area contributed by atoms with E-state index in [-0.39, 0.29) is 0 Å². The maximum Gasteiger partial charge on any atom is 0.196 e. The Morgan fingerprint density at radius 2 is 1.85 bits per heavy atom. The van der Waals surface area contributed by atoms with Gasteiger partial charge in [0.05, 0.1) is 6.61 Å². The first kappa shape index (κ1) is 11.1. The summed E-state index contributed by atoms with van der Waals surface area (Å²) in [5.41, 5.74) is 0. The molecule has 0 aromatic carbocycles. The van der Waals surface area contributed by atoms with Crippen LogP contribution in [-0.2, 0) is 4.74 Å². The van der Waals surface area contributed by atoms with Crippen molar-refractivity contribution >= 4 is 11.6 Å². The fraction of sp³-hybridized carbons (Fsp3) is 1.00. The summed E-state index contributed by atoms with van der Waals surface area (Å²) in [6.45, 7) is -0.680. The van der Waals surface area contributed by atoms with Crippen LogP contribution in [0.15, 0.2) is 0 Å². The quantitative estimate of drug-likeness (QED) is 0.305. The molecule has 0 aromatic heterocycles. The van der Waals surface area contributed by atoms with Crippen LogP contribution in [0.3, 0.4) is 0 Å². The van der Waals surface area contributed by atoms with E-state index in [9.17, 15) is 10.2 Å². The molecule has 0 saturated carbocycles. The van der Waals surface area contributed by atoms with E-state index >= 15 is 0 Å². The second-order valence-electron chi connectivity index (χ2n) is 2.86. The van der Waals surface area contributed by atoms with E-state index in [0.29, 0.717) is 0 Å². The summed E-state index contributed by atoms with van der Waals surface area (Å²) >= 11 is 5.40. The molecule has 1 fully saturated rings. The van der Waals surface area contributed by atoms with Crippen LogP contribution in [-0.4, -0.2) is 61.8 Å². The Bertz CT molecular complexity index is 182. The largest absolute Gasteiger partial charge is 0.394 e. The van der Waals surface area contributed by atoms with E-state index in [1.165, 1.54) is 0 Å². The highest BCUT2D eigenvalue weighted by Gasteiger charge is 2.53. The second kappa shape index (κ2) is 3.66. The average molecular weight is 215 g/mol. The van der Waals surface area contributed by atoms with Gasteiger partial charge in [-0.3, -0.25) is 0 Å². The Balaban J connectivity index is 2.82. The molecule has 0 bridgehead atoms. The summed E-state index contributed by atoms with van der Waals surface area (Å²) in [5.74, 6) is 0. The van der Waals surface area contributed by atoms with E-state index in [1.54, 1.807) is 0 Å². The van der Waals surface area contributed by atoms with Gasteiger partial charge in [-0.25, -0.2) is 0 Å². The minimum Gasteiger partial charge on any atom is -0.394 e. The fourth-order valence-electron chi connectivity index (χ4n) is 1.10. The van der Waals surface area contributed by atoms with Crippen molar-refractivity contribution in [2.24, 2.45) is 0 Å². The SMILES string of the molecule is OC[C@H]1O[C@H](O)[C@H](O)[C@@H](O)[C@]1(O)Cl. The first-order chi connectivity index (χ1) is 5.91. The Morgan fingerprint density at radius 3 is 2.31 bits per heavy atom. The van der Waals surface area contributed by atoms with E-state index in [1.807, 2.05) is 0 Å². The number of halogens is 1. The van der Waals surface area contributed by atoms with Crippen molar-refractivity contribution in [2.45, 2.75) is 29.7 Å². The lowest BCUT2D eigenvalue weighted by Gasteiger charge is -2.42. The first-order valence-electron chi connectivity index (χ1n) is 3.63. The summed E-state index contributed by atoms with van der Waals surface area (Å²) in [7, 11) is 0. The smallest absolute Gasteiger partial charge is 0.196 e. The molecule has 1 aliphatic rings. The van der Waals surface area contributed by atoms with Gasteiger partial charge in [0.15, 0.2) is 11.4 Å². The van der Waals surface area contributed by atoms with Gasteiger partial charge in [-0.1, -0.05) is 11.6 Å². The van der Waals surface area contributed by atoms with Crippen LogP contribution in [0.25, 0.3) is 0 Å². The van der Waals surface area contributed by atoms with Gasteiger partial charge in [0.25, 0.3) is 0 Å². The van der Waals surface area contributed by atoms with Crippen LogP contribution in [0.5, 0.6) is 0 Å². The zero-order chi connectivity index (χ0) is 10.2. The lowest BCUT2D eigenvalue weighted by atomic mass is 9.99. The van der Waals surface area contributed by atoms with Crippen molar-refractivity contribution in [3.8, 4) is 0 Å². The molecule has 13 heavy (non-hydrogen) atoms. The van der Waals surface area contributed by atoms with Gasteiger partial charge < -0.3 is 30.3 Å². The second-order valence-corrected chi connectivity index (χ2v) is 3.47. The van der Waals surface area contributed by atoms with Gasteiger partial charge in [-0.15, -0.1) is 0 Å². The number of hydrogen-bond acceptors (Lipinski definition) is 6. The minimum atomic E-state index is -2.30. The molecule has 78 valence electrons. The zero-order valence-corrected chi connectivity index (χ0v) is 7.29. The summed E-state index contributed by atoms with van der Waals surface area (Å²) in [6.07, 6.45) is -6.51. The topological polar surface area (TPSA) is 110 Å². The van der Waals surface area contributed by atoms with Crippen molar-refractivity contribution in [2.75, 3.05) is 6.61 Å². The summed E-state index contributed by atoms with van der Waals surface area (Å²) < 4.78 is 4.55. The maximum absolute atomic E-state index is 9.35. The van der Waals surface area contributed by atoms with Crippen molar-refractivity contribution in [1.29, 1.82) is 0 Å². The number of ether oxygens (including phenoxy) is 1. The predicted molar refractivity (Wildman–Crippen MR) is 40.8 cm³/mol. The Labute approximate surface area is 78.9 Å². The van der Waals surface area contributed by atoms with Gasteiger partial charge in [0, 0.05) is 0 Å². The molecule has 1 aliphatic heterocycles. The van der Waals surface area contributed by atoms with Gasteiger partial charge in [-0.2, -0.15) is 0 Å². The number of aliphatic hydroxyl groups excluding tert-OH is 4. The van der Waals surface area contributed by atoms with Crippen molar-refractivity contribution in [3.63, 3.8) is 0 Å². The molecule has 0 aromatic rings. The van der Waals surface area contributed by atoms with Crippen LogP contribution >= 0.6 is 11.6 Å². The van der Waals surface area contributed by atoms with E-state index in [0.717, 1.165) is 0 Å². The number of rotatable bonds is 1. The third kappa shape index (κ3) is 1.79. The van der Waals surface area contributed by atoms with Crippen LogP contribution in [0, 0.1) is 0 Å². The molecule has 0 radical (unpaired) electrons. The molecule has 5 atom stereocenters. The third-order valence-electron chi connectivity index (χ3n) is 1.95. The van der Waals surface area contributed by atoms with Gasteiger partial charge >= 0.3 is 0 Å². The summed E-state index contributed by atoms with van der Waals surface area (Å²) in [6, 6.07) is 0. The van der Waals surface area contributed by atoms with Crippen molar-refractivity contribution < 1.29 is 30.3 Å². The Morgan fingerprint density at radius 1 is 1.31 bits per heavy atom. The molecular formula is C6H11ClO6. The predicted octanol–water partition coefficient (Wildman–Crippen LogP) is -2.65. The van der Waals surface area contributed by atoms with Gasteiger partial charge in [-0.05, 0) is 0 Å². The van der Waals surface area contributed by atoms with Crippen LogP contribution < -0.4 is 0 Å². The zero-order valence-electron chi connectivity index (χ0n) is 6.54. The fourth-order valence-corrected chi connectivity index (χ4v) is 1.35. The number of alkyl halides is 1. The molecule has 6 nitrogen and oxygen atoms in total. The molecule has 1 heterocycles. The van der Waals surface area contributed by atoms with E-state index < -0.39 is 36.3 Å². The Kier molecular flexibility index (Phi) is 3.13. The lowest BCUT2D eigenvalue weighted by Crippen LogP contribution is -2.64. The van der Waals surface area contributed by atoms with Crippen LogP contribution in [0.1, 0.15) is 0 Å². The number of aliphatic hydroxyl groups is 5. The minimum absolute atomic E-state index is 0.680. The third-order valence-corrected chi connectivity index (χ3v) is 2.42. The van der Waals surface area contributed by atoms with E-state index in [4.69, 9.17) is 26.9 Å². The molecule has 0 unspecified atom stereocenters. The maximum atomic E-state index is 9.35. The van der Waals surface area contributed by atoms with Crippen LogP contribution in [0.2, 0.25) is 0 Å². The first-order valence-corrected chi connectivity index (χ1v) is 4.01. The standard InChI is InChI=1S/C6H11ClO6/c7-6(12)2(1-8)13-5(11)3(9)4(6)10/h2-5,8-12H,1H2/t2-,3-,4-,5+,6+/m1/s1. The highest BCUT2D eigenvalue weighted by Crippen LogP contribution is 2.32. The van der Waals surface area contributed by atoms with E-state index in [2.05, 4.69) is 4.74 Å². The number of hydrogen-bond donors (Lipinski definition) is 5. The van der Waals surface area contributed by atoms with Crippen molar-refractivity contribution in [3.05, 3.63) is 0 Å². The highest BCUT2D eigenvalue weighted by atomic mass is 35.5. The monoisotopic (exact) mass is 214 g/mol. The lowest BCUT2D eigenvalue weighted by molar-refractivity contribution is -0.298. The van der Waals surface area contributed by atoms with Gasteiger partial charge in [0.2, 0.25) is 0 Å². The molecular weight excluding hydrogens is 204 g/mol. The molecule has 5 N–H and O–H groups in total. The molecule has 0 amide bonds. The average Bonchev–Trinajstić information content (AvgIpc) is 2.08. The molecule has 0 spiro atoms.